The third-order valence-corrected chi connectivity index (χ3v) is 4.39. The van der Waals surface area contributed by atoms with Gasteiger partial charge in [-0.3, -0.25) is 9.59 Å². The smallest absolute Gasteiger partial charge is 0.243 e. The second-order valence-electron chi connectivity index (χ2n) is 6.08. The second kappa shape index (κ2) is 7.33. The highest BCUT2D eigenvalue weighted by molar-refractivity contribution is 8.03. The Kier molecular flexibility index (Phi) is 6.01. The van der Waals surface area contributed by atoms with Crippen LogP contribution in [0.3, 0.4) is 0 Å². The first-order valence-electron chi connectivity index (χ1n) is 6.98. The minimum Gasteiger partial charge on any atom is -0.355 e. The van der Waals surface area contributed by atoms with Crippen LogP contribution < -0.4 is 10.6 Å². The molecule has 0 aromatic carbocycles. The number of carbonyl (C=O) groups excluding carboxylic acids is 2. The highest BCUT2D eigenvalue weighted by atomic mass is 32.2. The van der Waals surface area contributed by atoms with Gasteiger partial charge in [-0.25, -0.2) is 0 Å². The van der Waals surface area contributed by atoms with Gasteiger partial charge in [0.2, 0.25) is 11.8 Å². The van der Waals surface area contributed by atoms with E-state index in [9.17, 15) is 14.9 Å². The van der Waals surface area contributed by atoms with E-state index in [1.807, 2.05) is 19.9 Å². The third-order valence-electron chi connectivity index (χ3n) is 3.39. The largest absolute Gasteiger partial charge is 0.355 e. The van der Waals surface area contributed by atoms with Gasteiger partial charge in [0.25, 0.3) is 0 Å². The zero-order valence-corrected chi connectivity index (χ0v) is 14.0. The molecule has 118 valence electrons. The fraction of sp³-hybridized carbons (Fsp3) is 0.600. The van der Waals surface area contributed by atoms with Gasteiger partial charge in [-0.1, -0.05) is 39.5 Å². The summed E-state index contributed by atoms with van der Waals surface area (Å²) in [6.07, 6.45) is 0. The lowest BCUT2D eigenvalue weighted by Crippen LogP contribution is -2.44. The van der Waals surface area contributed by atoms with E-state index >= 15 is 0 Å². The van der Waals surface area contributed by atoms with Gasteiger partial charge in [-0.05, 0) is 5.92 Å². The van der Waals surface area contributed by atoms with E-state index in [4.69, 9.17) is 5.26 Å². The van der Waals surface area contributed by atoms with Crippen LogP contribution in [0.4, 0.5) is 0 Å². The van der Waals surface area contributed by atoms with E-state index in [-0.39, 0.29) is 11.7 Å². The van der Waals surface area contributed by atoms with Crippen LogP contribution in [0.1, 0.15) is 27.7 Å². The van der Waals surface area contributed by atoms with Gasteiger partial charge in [-0.2, -0.15) is 10.5 Å². The Labute approximate surface area is 134 Å². The highest BCUT2D eigenvalue weighted by Crippen LogP contribution is 2.41. The monoisotopic (exact) mass is 320 g/mol. The Morgan fingerprint density at radius 3 is 2.59 bits per heavy atom. The summed E-state index contributed by atoms with van der Waals surface area (Å²) in [5.74, 6) is -1.04. The van der Waals surface area contributed by atoms with Crippen molar-refractivity contribution in [2.75, 3.05) is 12.3 Å². The molecule has 1 aliphatic rings. The molecule has 0 unspecified atom stereocenters. The number of nitrogens with one attached hydrogen (secondary N) is 2. The molecular weight excluding hydrogens is 300 g/mol. The van der Waals surface area contributed by atoms with Crippen molar-refractivity contribution in [1.82, 2.24) is 10.6 Å². The average molecular weight is 320 g/mol. The van der Waals surface area contributed by atoms with E-state index in [1.54, 1.807) is 13.8 Å². The molecule has 1 atom stereocenters. The molecule has 0 fully saturated rings. The van der Waals surface area contributed by atoms with Gasteiger partial charge in [0.1, 0.15) is 5.92 Å². The van der Waals surface area contributed by atoms with Crippen molar-refractivity contribution >= 4 is 23.6 Å². The molecular formula is C15H20N4O2S. The first-order valence-corrected chi connectivity index (χ1v) is 7.97. The summed E-state index contributed by atoms with van der Waals surface area (Å²) >= 11 is 1.11. The van der Waals surface area contributed by atoms with Crippen LogP contribution >= 0.6 is 11.8 Å². The van der Waals surface area contributed by atoms with Crippen LogP contribution in [-0.4, -0.2) is 24.1 Å². The van der Waals surface area contributed by atoms with E-state index in [2.05, 4.69) is 16.7 Å². The maximum absolute atomic E-state index is 12.0. The predicted molar refractivity (Wildman–Crippen MR) is 84.0 cm³/mol. The number of nitrogens with zero attached hydrogens (tertiary/aromatic N) is 2. The summed E-state index contributed by atoms with van der Waals surface area (Å²) in [4.78, 5) is 23.7. The molecule has 7 heteroatoms. The molecule has 0 saturated heterocycles. The van der Waals surface area contributed by atoms with Gasteiger partial charge >= 0.3 is 0 Å². The first kappa shape index (κ1) is 18.1. The number of amides is 2. The maximum atomic E-state index is 12.0. The van der Waals surface area contributed by atoms with E-state index in [1.165, 1.54) is 0 Å². The second-order valence-corrected chi connectivity index (χ2v) is 7.06. The third kappa shape index (κ3) is 4.02. The lowest BCUT2D eigenvalue weighted by molar-refractivity contribution is -0.125. The molecule has 2 N–H and O–H groups in total. The predicted octanol–water partition coefficient (Wildman–Crippen LogP) is 1.52. The zero-order chi connectivity index (χ0) is 16.9. The van der Waals surface area contributed by atoms with E-state index < -0.39 is 17.2 Å². The lowest BCUT2D eigenvalue weighted by atomic mass is 9.72. The van der Waals surface area contributed by atoms with Gasteiger partial charge < -0.3 is 10.6 Å². The number of hydrogen-bond acceptors (Lipinski definition) is 5. The number of carbonyl (C=O) groups is 2. The lowest BCUT2D eigenvalue weighted by Gasteiger charge is -2.34. The summed E-state index contributed by atoms with van der Waals surface area (Å²) in [5, 5.41) is 24.2. The zero-order valence-electron chi connectivity index (χ0n) is 13.2. The van der Waals surface area contributed by atoms with Crippen molar-refractivity contribution in [2.45, 2.75) is 27.7 Å². The molecule has 6 nitrogen and oxygen atoms in total. The maximum Gasteiger partial charge on any atom is 0.243 e. The van der Waals surface area contributed by atoms with Gasteiger partial charge in [0.05, 0.1) is 28.5 Å². The van der Waals surface area contributed by atoms with Gasteiger partial charge in [0, 0.05) is 12.0 Å². The van der Waals surface area contributed by atoms with Crippen molar-refractivity contribution in [2.24, 2.45) is 17.3 Å². The number of hydrogen-bond donors (Lipinski definition) is 2. The van der Waals surface area contributed by atoms with Gasteiger partial charge in [-0.15, -0.1) is 0 Å². The van der Waals surface area contributed by atoms with Gasteiger partial charge in [0.15, 0.2) is 0 Å². The quantitative estimate of drug-likeness (QED) is 0.799. The fourth-order valence-electron chi connectivity index (χ4n) is 2.04. The van der Waals surface area contributed by atoms with E-state index in [0.29, 0.717) is 23.1 Å². The van der Waals surface area contributed by atoms with Crippen molar-refractivity contribution in [3.63, 3.8) is 0 Å². The molecule has 0 aromatic rings. The van der Waals surface area contributed by atoms with E-state index in [0.717, 1.165) is 11.8 Å². The molecule has 0 saturated carbocycles. The van der Waals surface area contributed by atoms with Crippen LogP contribution in [0.5, 0.6) is 0 Å². The standard InChI is InChI=1S/C15H20N4O2S/c1-9(2)7-18-12(20)8-22-14-11(6-17)15(3,4)10(5-16)13(21)19-14/h9-10H,7-8H2,1-4H3,(H,18,20)(H,19,21)/t10-/m1/s1. The molecule has 0 bridgehead atoms. The molecule has 0 aromatic heterocycles. The van der Waals surface area contributed by atoms with Crippen molar-refractivity contribution in [3.05, 3.63) is 10.6 Å². The van der Waals surface area contributed by atoms with Crippen LogP contribution in [0, 0.1) is 39.9 Å². The highest BCUT2D eigenvalue weighted by Gasteiger charge is 2.44. The molecule has 22 heavy (non-hydrogen) atoms. The van der Waals surface area contributed by atoms with Crippen molar-refractivity contribution < 1.29 is 9.59 Å². The van der Waals surface area contributed by atoms with Crippen molar-refractivity contribution in [1.29, 1.82) is 10.5 Å². The Morgan fingerprint density at radius 2 is 2.09 bits per heavy atom. The Hall–Kier alpha value is -1.99. The molecule has 1 aliphatic heterocycles. The number of allylic oxidation sites excluding steroid dienone is 1. The number of rotatable bonds is 5. The summed E-state index contributed by atoms with van der Waals surface area (Å²) in [6.45, 7) is 7.96. The van der Waals surface area contributed by atoms with Crippen molar-refractivity contribution in [3.8, 4) is 12.1 Å². The number of nitriles is 2. The normalized spacial score (nSPS) is 20.1. The number of thioether (sulfide) groups is 1. The Morgan fingerprint density at radius 1 is 1.45 bits per heavy atom. The topological polar surface area (TPSA) is 106 Å². The SMILES string of the molecule is CC(C)CNC(=O)CSC1=C(C#N)C(C)(C)[C@H](C#N)C(=O)N1. The first-order chi connectivity index (χ1) is 10.2. The van der Waals surface area contributed by atoms with Crippen LogP contribution in [0.25, 0.3) is 0 Å². The Balaban J connectivity index is 2.87. The molecule has 0 aliphatic carbocycles. The summed E-state index contributed by atoms with van der Waals surface area (Å²) in [6, 6.07) is 4.00. The van der Waals surface area contributed by atoms with Crippen LogP contribution in [0.2, 0.25) is 0 Å². The molecule has 0 radical (unpaired) electrons. The molecule has 1 rings (SSSR count). The Bertz CT molecular complexity index is 581. The summed E-state index contributed by atoms with van der Waals surface area (Å²) in [7, 11) is 0. The molecule has 1 heterocycles. The van der Waals surface area contributed by atoms with Crippen LogP contribution in [-0.2, 0) is 9.59 Å². The summed E-state index contributed by atoms with van der Waals surface area (Å²) in [5.41, 5.74) is -0.539. The minimum atomic E-state index is -0.915. The molecule has 2 amide bonds. The van der Waals surface area contributed by atoms with Crippen LogP contribution in [0.15, 0.2) is 10.6 Å². The summed E-state index contributed by atoms with van der Waals surface area (Å²) < 4.78 is 0. The average Bonchev–Trinajstić information content (AvgIpc) is 2.42. The fourth-order valence-corrected chi connectivity index (χ4v) is 3.04. The minimum absolute atomic E-state index is 0.112. The molecule has 0 spiro atoms.